The molecule has 3 rings (SSSR count). The Morgan fingerprint density at radius 3 is 2.85 bits per heavy atom. The van der Waals surface area contributed by atoms with Gasteiger partial charge in [0, 0.05) is 18.2 Å². The van der Waals surface area contributed by atoms with Crippen molar-refractivity contribution in [3.05, 3.63) is 24.6 Å². The third-order valence-corrected chi connectivity index (χ3v) is 4.45. The molecule has 1 fully saturated rings. The molecule has 2 aromatic heterocycles. The van der Waals surface area contributed by atoms with Gasteiger partial charge in [-0.05, 0) is 52.2 Å². The van der Waals surface area contributed by atoms with E-state index in [1.165, 1.54) is 0 Å². The van der Waals surface area contributed by atoms with Gasteiger partial charge in [0.15, 0.2) is 5.82 Å². The summed E-state index contributed by atoms with van der Waals surface area (Å²) < 4.78 is 10.6. The Balaban J connectivity index is 1.52. The first-order valence-electron chi connectivity index (χ1n) is 9.19. The third-order valence-electron chi connectivity index (χ3n) is 4.45. The summed E-state index contributed by atoms with van der Waals surface area (Å²) in [6.45, 7) is 5.47. The number of aromatic nitrogens is 1. The minimum Gasteiger partial charge on any atom is -0.464 e. The summed E-state index contributed by atoms with van der Waals surface area (Å²) in [4.78, 5) is 28.7. The van der Waals surface area contributed by atoms with Gasteiger partial charge in [-0.25, -0.2) is 9.78 Å². The summed E-state index contributed by atoms with van der Waals surface area (Å²) in [5.74, 6) is 0.233. The molecule has 146 valence electrons. The maximum absolute atomic E-state index is 12.5. The van der Waals surface area contributed by atoms with Gasteiger partial charge in [0.2, 0.25) is 5.91 Å². The third kappa shape index (κ3) is 5.12. The Kier molecular flexibility index (Phi) is 5.53. The number of furan rings is 1. The van der Waals surface area contributed by atoms with Gasteiger partial charge in [-0.3, -0.25) is 15.6 Å². The number of rotatable bonds is 4. The van der Waals surface area contributed by atoms with Crippen LogP contribution < -0.4 is 16.2 Å². The zero-order valence-electron chi connectivity index (χ0n) is 15.9. The van der Waals surface area contributed by atoms with Crippen molar-refractivity contribution in [3.63, 3.8) is 0 Å². The lowest BCUT2D eigenvalue weighted by atomic mass is 9.85. The van der Waals surface area contributed by atoms with Crippen LogP contribution in [-0.4, -0.2) is 28.6 Å². The van der Waals surface area contributed by atoms with Crippen molar-refractivity contribution in [2.75, 3.05) is 5.43 Å². The van der Waals surface area contributed by atoms with E-state index in [2.05, 4.69) is 21.2 Å². The average Bonchev–Trinajstić information content (AvgIpc) is 3.07. The van der Waals surface area contributed by atoms with E-state index in [-0.39, 0.29) is 17.9 Å². The number of pyridine rings is 1. The fraction of sp³-hybridized carbons (Fsp3) is 0.526. The predicted octanol–water partition coefficient (Wildman–Crippen LogP) is 3.35. The fourth-order valence-electron chi connectivity index (χ4n) is 3.25. The molecule has 2 amide bonds. The first-order valence-corrected chi connectivity index (χ1v) is 9.19. The van der Waals surface area contributed by atoms with Gasteiger partial charge in [-0.1, -0.05) is 6.42 Å². The number of alkyl carbamates (subject to hydrolysis) is 1. The smallest absolute Gasteiger partial charge is 0.407 e. The highest BCUT2D eigenvalue weighted by Gasteiger charge is 2.29. The van der Waals surface area contributed by atoms with Gasteiger partial charge in [0.05, 0.1) is 11.6 Å². The number of hydrogen-bond acceptors (Lipinski definition) is 6. The molecule has 1 saturated carbocycles. The Morgan fingerprint density at radius 1 is 1.26 bits per heavy atom. The summed E-state index contributed by atoms with van der Waals surface area (Å²) in [5, 5.41) is 3.67. The minimum atomic E-state index is -0.541. The molecule has 0 aromatic carbocycles. The first-order chi connectivity index (χ1) is 12.8. The van der Waals surface area contributed by atoms with Crippen molar-refractivity contribution in [1.29, 1.82) is 0 Å². The van der Waals surface area contributed by atoms with E-state index >= 15 is 0 Å². The highest BCUT2D eigenvalue weighted by Crippen LogP contribution is 2.25. The quantitative estimate of drug-likeness (QED) is 0.709. The topological polar surface area (TPSA) is 105 Å². The van der Waals surface area contributed by atoms with Crippen molar-refractivity contribution in [2.24, 2.45) is 5.92 Å². The first kappa shape index (κ1) is 19.0. The molecule has 0 saturated heterocycles. The number of hydrazine groups is 1. The van der Waals surface area contributed by atoms with Gasteiger partial charge < -0.3 is 14.5 Å². The molecule has 0 bridgehead atoms. The van der Waals surface area contributed by atoms with Crippen LogP contribution in [0.4, 0.5) is 10.6 Å². The largest absolute Gasteiger partial charge is 0.464 e. The molecule has 1 aliphatic rings. The molecule has 3 N–H and O–H groups in total. The SMILES string of the molecule is CC(C)(C)OC(=O)N[C@@H]1CCC[C@H](C(=O)NNc2nccc3occc23)C1. The van der Waals surface area contributed by atoms with Crippen LogP contribution in [0.1, 0.15) is 46.5 Å². The van der Waals surface area contributed by atoms with E-state index in [1.54, 1.807) is 24.6 Å². The monoisotopic (exact) mass is 374 g/mol. The molecule has 2 heterocycles. The summed E-state index contributed by atoms with van der Waals surface area (Å²) in [5.41, 5.74) is 5.75. The van der Waals surface area contributed by atoms with Crippen LogP contribution in [0, 0.1) is 5.92 Å². The lowest BCUT2D eigenvalue weighted by Crippen LogP contribution is -2.45. The molecule has 2 aromatic rings. The standard InChI is InChI=1S/C19H26N4O4/c1-19(2,3)27-18(25)21-13-6-4-5-12(11-13)17(24)23-22-16-14-8-10-26-15(14)7-9-20-16/h7-10,12-13H,4-6,11H2,1-3H3,(H,20,22)(H,21,25)(H,23,24)/t12-,13+/m0/s1. The van der Waals surface area contributed by atoms with Crippen LogP contribution >= 0.6 is 0 Å². The highest BCUT2D eigenvalue weighted by atomic mass is 16.6. The molecule has 27 heavy (non-hydrogen) atoms. The van der Waals surface area contributed by atoms with Crippen LogP contribution in [0.5, 0.6) is 0 Å². The molecule has 0 unspecified atom stereocenters. The lowest BCUT2D eigenvalue weighted by molar-refractivity contribution is -0.125. The van der Waals surface area contributed by atoms with Crippen LogP contribution in [0.2, 0.25) is 0 Å². The number of anilines is 1. The van der Waals surface area contributed by atoms with Gasteiger partial charge >= 0.3 is 6.09 Å². The number of nitrogens with zero attached hydrogens (tertiary/aromatic N) is 1. The van der Waals surface area contributed by atoms with Gasteiger partial charge in [-0.2, -0.15) is 0 Å². The van der Waals surface area contributed by atoms with Crippen molar-refractivity contribution >= 4 is 28.8 Å². The van der Waals surface area contributed by atoms with E-state index in [0.717, 1.165) is 24.6 Å². The highest BCUT2D eigenvalue weighted by molar-refractivity contribution is 5.89. The van der Waals surface area contributed by atoms with Gasteiger partial charge in [0.1, 0.15) is 11.2 Å². The Hall–Kier alpha value is -2.77. The molecule has 0 radical (unpaired) electrons. The van der Waals surface area contributed by atoms with E-state index in [9.17, 15) is 9.59 Å². The van der Waals surface area contributed by atoms with Crippen LogP contribution in [0.15, 0.2) is 29.0 Å². The summed E-state index contributed by atoms with van der Waals surface area (Å²) in [7, 11) is 0. The Labute approximate surface area is 158 Å². The number of amides is 2. The van der Waals surface area contributed by atoms with E-state index in [1.807, 2.05) is 20.8 Å². The molecule has 8 nitrogen and oxygen atoms in total. The van der Waals surface area contributed by atoms with Crippen LogP contribution in [0.3, 0.4) is 0 Å². The van der Waals surface area contributed by atoms with Gasteiger partial charge in [-0.15, -0.1) is 0 Å². The molecule has 1 aliphatic carbocycles. The van der Waals surface area contributed by atoms with Crippen LogP contribution in [0.25, 0.3) is 11.0 Å². The Bertz CT molecular complexity index is 811. The van der Waals surface area contributed by atoms with Crippen molar-refractivity contribution < 1.29 is 18.7 Å². The van der Waals surface area contributed by atoms with Crippen molar-refractivity contribution in [2.45, 2.75) is 58.1 Å². The number of nitrogens with one attached hydrogen (secondary N) is 3. The van der Waals surface area contributed by atoms with Crippen molar-refractivity contribution in [3.8, 4) is 0 Å². The molecular formula is C19H26N4O4. The fourth-order valence-corrected chi connectivity index (χ4v) is 3.25. The second kappa shape index (κ2) is 7.85. The maximum atomic E-state index is 12.5. The van der Waals surface area contributed by atoms with Gasteiger partial charge in [0.25, 0.3) is 0 Å². The molecule has 8 heteroatoms. The molecule has 0 spiro atoms. The maximum Gasteiger partial charge on any atom is 0.407 e. The summed E-state index contributed by atoms with van der Waals surface area (Å²) in [6, 6.07) is 3.48. The minimum absolute atomic E-state index is 0.0696. The van der Waals surface area contributed by atoms with E-state index < -0.39 is 11.7 Å². The number of carbonyl (C=O) groups is 2. The number of hydrogen-bond donors (Lipinski definition) is 3. The molecule has 0 aliphatic heterocycles. The number of ether oxygens (including phenoxy) is 1. The predicted molar refractivity (Wildman–Crippen MR) is 101 cm³/mol. The Morgan fingerprint density at radius 2 is 2.07 bits per heavy atom. The zero-order chi connectivity index (χ0) is 19.4. The summed E-state index contributed by atoms with van der Waals surface area (Å²) in [6.07, 6.45) is 5.82. The molecule has 2 atom stereocenters. The number of carbonyl (C=O) groups excluding carboxylic acids is 2. The second-order valence-electron chi connectivity index (χ2n) is 7.81. The average molecular weight is 374 g/mol. The van der Waals surface area contributed by atoms with Crippen LogP contribution in [-0.2, 0) is 9.53 Å². The number of fused-ring (bicyclic) bond motifs is 1. The lowest BCUT2D eigenvalue weighted by Gasteiger charge is -2.30. The second-order valence-corrected chi connectivity index (χ2v) is 7.81. The van der Waals surface area contributed by atoms with E-state index in [0.29, 0.717) is 17.8 Å². The van der Waals surface area contributed by atoms with Crippen molar-refractivity contribution in [1.82, 2.24) is 15.7 Å². The summed E-state index contributed by atoms with van der Waals surface area (Å²) >= 11 is 0. The van der Waals surface area contributed by atoms with E-state index in [4.69, 9.17) is 9.15 Å². The zero-order valence-corrected chi connectivity index (χ0v) is 15.9. The normalized spacial score (nSPS) is 20.1. The molecular weight excluding hydrogens is 348 g/mol.